The molecule has 1 heterocycles. The van der Waals surface area contributed by atoms with E-state index in [1.54, 1.807) is 32.0 Å². The minimum Gasteiger partial charge on any atom is -0.478 e. The number of ketones is 1. The number of carbonyl (C=O) groups excluding carboxylic acids is 2. The van der Waals surface area contributed by atoms with Gasteiger partial charge in [0.25, 0.3) is 0 Å². The van der Waals surface area contributed by atoms with Crippen LogP contribution < -0.4 is 10.5 Å². The van der Waals surface area contributed by atoms with Gasteiger partial charge in [-0.2, -0.15) is 0 Å². The number of halogens is 2. The van der Waals surface area contributed by atoms with Crippen LogP contribution in [-0.4, -0.2) is 23.5 Å². The van der Waals surface area contributed by atoms with E-state index in [1.807, 2.05) is 0 Å². The first-order valence-electron chi connectivity index (χ1n) is 9.82. The number of rotatable bonds is 7. The SMILES string of the molecule is CCOc1nccc2c(C(=O)c3c(F)cc(C(C)OC(N)=O)c(CC)c3F)cccc12. The van der Waals surface area contributed by atoms with Crippen molar-refractivity contribution in [2.24, 2.45) is 5.73 Å². The zero-order chi connectivity index (χ0) is 22.7. The van der Waals surface area contributed by atoms with Gasteiger partial charge in [-0.25, -0.2) is 18.6 Å². The lowest BCUT2D eigenvalue weighted by molar-refractivity contribution is 0.102. The lowest BCUT2D eigenvalue weighted by atomic mass is 9.91. The van der Waals surface area contributed by atoms with Crippen molar-refractivity contribution < 1.29 is 27.8 Å². The average Bonchev–Trinajstić information content (AvgIpc) is 2.72. The number of primary amides is 1. The van der Waals surface area contributed by atoms with Crippen LogP contribution in [0.5, 0.6) is 5.88 Å². The third-order valence-corrected chi connectivity index (χ3v) is 4.96. The van der Waals surface area contributed by atoms with Gasteiger partial charge in [-0.15, -0.1) is 0 Å². The Morgan fingerprint density at radius 3 is 2.55 bits per heavy atom. The predicted octanol–water partition coefficient (Wildman–Crippen LogP) is 4.86. The predicted molar refractivity (Wildman–Crippen MR) is 111 cm³/mol. The van der Waals surface area contributed by atoms with Gasteiger partial charge >= 0.3 is 6.09 Å². The molecule has 162 valence electrons. The van der Waals surface area contributed by atoms with Crippen LogP contribution >= 0.6 is 0 Å². The second-order valence-electron chi connectivity index (χ2n) is 6.83. The number of ether oxygens (including phenoxy) is 2. The Balaban J connectivity index is 2.17. The molecule has 6 nitrogen and oxygen atoms in total. The summed E-state index contributed by atoms with van der Waals surface area (Å²) in [6.07, 6.45) is -0.412. The number of nitrogens with zero attached hydrogens (tertiary/aromatic N) is 1. The quantitative estimate of drug-likeness (QED) is 0.543. The van der Waals surface area contributed by atoms with Crippen molar-refractivity contribution in [2.45, 2.75) is 33.3 Å². The number of fused-ring (bicyclic) bond motifs is 1. The number of pyridine rings is 1. The largest absolute Gasteiger partial charge is 0.478 e. The summed E-state index contributed by atoms with van der Waals surface area (Å²) in [5.41, 5.74) is 4.67. The van der Waals surface area contributed by atoms with E-state index >= 15 is 4.39 Å². The maximum Gasteiger partial charge on any atom is 0.405 e. The number of carbonyl (C=O) groups is 2. The summed E-state index contributed by atoms with van der Waals surface area (Å²) in [4.78, 5) is 28.5. The summed E-state index contributed by atoms with van der Waals surface area (Å²) in [5, 5.41) is 1.03. The van der Waals surface area contributed by atoms with Crippen LogP contribution in [0.3, 0.4) is 0 Å². The molecule has 2 N–H and O–H groups in total. The summed E-state index contributed by atoms with van der Waals surface area (Å²) < 4.78 is 40.7. The van der Waals surface area contributed by atoms with Gasteiger partial charge in [-0.3, -0.25) is 4.79 Å². The van der Waals surface area contributed by atoms with Crippen LogP contribution in [0.4, 0.5) is 13.6 Å². The number of aromatic nitrogens is 1. The number of amides is 1. The molecule has 1 atom stereocenters. The first-order valence-corrected chi connectivity index (χ1v) is 9.82. The van der Waals surface area contributed by atoms with Crippen molar-refractivity contribution in [3.05, 3.63) is 70.4 Å². The van der Waals surface area contributed by atoms with Gasteiger partial charge in [0, 0.05) is 22.7 Å². The molecular weight excluding hydrogens is 406 g/mol. The number of hydrogen-bond acceptors (Lipinski definition) is 5. The molecule has 8 heteroatoms. The Morgan fingerprint density at radius 2 is 1.90 bits per heavy atom. The Morgan fingerprint density at radius 1 is 1.16 bits per heavy atom. The molecule has 1 aromatic heterocycles. The van der Waals surface area contributed by atoms with Crippen molar-refractivity contribution in [1.82, 2.24) is 4.98 Å². The van der Waals surface area contributed by atoms with Gasteiger partial charge < -0.3 is 15.2 Å². The normalized spacial score (nSPS) is 11.9. The fraction of sp³-hybridized carbons (Fsp3) is 0.261. The van der Waals surface area contributed by atoms with E-state index in [1.165, 1.54) is 19.2 Å². The molecule has 0 saturated carbocycles. The lowest BCUT2D eigenvalue weighted by Gasteiger charge is -2.18. The van der Waals surface area contributed by atoms with Gasteiger partial charge in [0.05, 0.1) is 12.2 Å². The van der Waals surface area contributed by atoms with E-state index in [4.69, 9.17) is 15.2 Å². The maximum absolute atomic E-state index is 15.4. The van der Waals surface area contributed by atoms with Crippen molar-refractivity contribution in [3.63, 3.8) is 0 Å². The second-order valence-corrected chi connectivity index (χ2v) is 6.83. The Hall–Kier alpha value is -3.55. The molecule has 2 aromatic carbocycles. The summed E-state index contributed by atoms with van der Waals surface area (Å²) in [5.74, 6) is -2.51. The smallest absolute Gasteiger partial charge is 0.405 e. The molecule has 3 aromatic rings. The molecular formula is C23H22F2N2O4. The molecule has 1 unspecified atom stereocenters. The Kier molecular flexibility index (Phi) is 6.48. The van der Waals surface area contributed by atoms with E-state index < -0.39 is 35.2 Å². The lowest BCUT2D eigenvalue weighted by Crippen LogP contribution is -2.18. The number of hydrogen-bond donors (Lipinski definition) is 1. The summed E-state index contributed by atoms with van der Waals surface area (Å²) in [6, 6.07) is 7.44. The second kappa shape index (κ2) is 9.07. The maximum atomic E-state index is 15.4. The third-order valence-electron chi connectivity index (χ3n) is 4.96. The van der Waals surface area contributed by atoms with Crippen molar-refractivity contribution >= 4 is 22.6 Å². The highest BCUT2D eigenvalue weighted by Gasteiger charge is 2.27. The van der Waals surface area contributed by atoms with E-state index in [9.17, 15) is 14.0 Å². The first-order chi connectivity index (χ1) is 14.8. The highest BCUT2D eigenvalue weighted by Crippen LogP contribution is 2.32. The van der Waals surface area contributed by atoms with Crippen LogP contribution in [0.25, 0.3) is 10.8 Å². The molecule has 0 bridgehead atoms. The van der Waals surface area contributed by atoms with Crippen LogP contribution in [-0.2, 0) is 11.2 Å². The molecule has 0 aliphatic rings. The monoisotopic (exact) mass is 428 g/mol. The van der Waals surface area contributed by atoms with Gasteiger partial charge in [0.1, 0.15) is 17.7 Å². The Labute approximate surface area is 178 Å². The molecule has 3 rings (SSSR count). The van der Waals surface area contributed by atoms with Crippen LogP contribution in [0, 0.1) is 11.6 Å². The molecule has 0 spiro atoms. The standard InChI is InChI=1S/C23H22F2N2O4/c1-4-13-17(12(3)31-23(26)29)11-18(24)19(20(13)25)21(28)15-7-6-8-16-14(15)9-10-27-22(16)30-5-2/h6-12H,4-5H2,1-3H3,(H2,26,29). The van der Waals surface area contributed by atoms with E-state index in [0.29, 0.717) is 23.3 Å². The van der Waals surface area contributed by atoms with Crippen LogP contribution in [0.1, 0.15) is 53.9 Å². The van der Waals surface area contributed by atoms with Gasteiger partial charge in [0.2, 0.25) is 5.88 Å². The van der Waals surface area contributed by atoms with E-state index in [0.717, 1.165) is 6.07 Å². The van der Waals surface area contributed by atoms with Crippen molar-refractivity contribution in [2.75, 3.05) is 6.61 Å². The van der Waals surface area contributed by atoms with Gasteiger partial charge in [-0.1, -0.05) is 19.1 Å². The molecule has 0 aliphatic carbocycles. The molecule has 31 heavy (non-hydrogen) atoms. The van der Waals surface area contributed by atoms with Gasteiger partial charge in [-0.05, 0) is 49.4 Å². The van der Waals surface area contributed by atoms with Crippen molar-refractivity contribution in [1.29, 1.82) is 0 Å². The fourth-order valence-electron chi connectivity index (χ4n) is 3.61. The fourth-order valence-corrected chi connectivity index (χ4v) is 3.61. The van der Waals surface area contributed by atoms with Crippen LogP contribution in [0.2, 0.25) is 0 Å². The summed E-state index contributed by atoms with van der Waals surface area (Å²) in [7, 11) is 0. The first kappa shape index (κ1) is 22.1. The van der Waals surface area contributed by atoms with Gasteiger partial charge in [0.15, 0.2) is 5.78 Å². The number of benzene rings is 2. The molecule has 0 aliphatic heterocycles. The summed E-state index contributed by atoms with van der Waals surface area (Å²) >= 11 is 0. The number of nitrogens with two attached hydrogens (primary N) is 1. The van der Waals surface area contributed by atoms with E-state index in [-0.39, 0.29) is 23.1 Å². The molecule has 0 saturated heterocycles. The van der Waals surface area contributed by atoms with Crippen molar-refractivity contribution in [3.8, 4) is 5.88 Å². The third kappa shape index (κ3) is 4.19. The average molecular weight is 428 g/mol. The molecule has 1 amide bonds. The van der Waals surface area contributed by atoms with E-state index in [2.05, 4.69) is 4.98 Å². The van der Waals surface area contributed by atoms with Crippen LogP contribution in [0.15, 0.2) is 36.5 Å². The minimum absolute atomic E-state index is 0.0791. The summed E-state index contributed by atoms with van der Waals surface area (Å²) in [6.45, 7) is 5.28. The topological polar surface area (TPSA) is 91.5 Å². The highest BCUT2D eigenvalue weighted by atomic mass is 19.1. The Bertz CT molecular complexity index is 1160. The highest BCUT2D eigenvalue weighted by molar-refractivity contribution is 6.17. The molecule has 0 fully saturated rings. The zero-order valence-corrected chi connectivity index (χ0v) is 17.4. The zero-order valence-electron chi connectivity index (χ0n) is 17.4. The molecule has 0 radical (unpaired) electrons. The minimum atomic E-state index is -1.06.